The molecule has 1 aliphatic rings. The summed E-state index contributed by atoms with van der Waals surface area (Å²) < 4.78 is 0. The van der Waals surface area contributed by atoms with Crippen LogP contribution in [0, 0.1) is 0 Å². The lowest BCUT2D eigenvalue weighted by molar-refractivity contribution is 0.0791. The highest BCUT2D eigenvalue weighted by Gasteiger charge is 2.25. The first-order valence-electron chi connectivity index (χ1n) is 6.38. The maximum atomic E-state index is 5.89. The largest absolute Gasteiger partial charge is 0.347 e. The van der Waals surface area contributed by atoms with Crippen LogP contribution in [0.5, 0.6) is 0 Å². The predicted octanol–water partition coefficient (Wildman–Crippen LogP) is 0.436. The van der Waals surface area contributed by atoms with E-state index in [1.807, 2.05) is 6.20 Å². The van der Waals surface area contributed by atoms with Gasteiger partial charge in [-0.15, -0.1) is 0 Å². The Bertz CT molecular complexity index is 314. The van der Waals surface area contributed by atoms with E-state index in [0.29, 0.717) is 12.6 Å². The lowest BCUT2D eigenvalue weighted by atomic mass is 10.1. The molecule has 2 heterocycles. The predicted molar refractivity (Wildman–Crippen MR) is 68.7 cm³/mol. The van der Waals surface area contributed by atoms with Crippen molar-refractivity contribution in [3.63, 3.8) is 0 Å². The third-order valence-electron chi connectivity index (χ3n) is 3.62. The van der Waals surface area contributed by atoms with Gasteiger partial charge in [-0.3, -0.25) is 9.80 Å². The van der Waals surface area contributed by atoms with E-state index in [1.165, 1.54) is 0 Å². The van der Waals surface area contributed by atoms with Gasteiger partial charge in [-0.2, -0.15) is 0 Å². The van der Waals surface area contributed by atoms with Crippen molar-refractivity contribution in [3.05, 3.63) is 18.2 Å². The highest BCUT2D eigenvalue weighted by molar-refractivity contribution is 5.04. The molecule has 1 aromatic rings. The number of aromatic amines is 1. The SMILES string of the molecule is CC(C)N1CCN(C(CN)c2cnc[nH]2)CC1. The summed E-state index contributed by atoms with van der Waals surface area (Å²) in [6, 6.07) is 0.924. The molecule has 2 rings (SSSR count). The van der Waals surface area contributed by atoms with Crippen molar-refractivity contribution < 1.29 is 0 Å². The van der Waals surface area contributed by atoms with E-state index in [-0.39, 0.29) is 6.04 Å². The van der Waals surface area contributed by atoms with Gasteiger partial charge in [0.05, 0.1) is 18.1 Å². The Balaban J connectivity index is 1.95. The normalized spacial score (nSPS) is 20.9. The van der Waals surface area contributed by atoms with Crippen molar-refractivity contribution in [2.45, 2.75) is 25.9 Å². The summed E-state index contributed by atoms with van der Waals surface area (Å²) in [7, 11) is 0. The fourth-order valence-electron chi connectivity index (χ4n) is 2.49. The molecule has 1 saturated heterocycles. The number of nitrogens with one attached hydrogen (secondary N) is 1. The molecule has 17 heavy (non-hydrogen) atoms. The van der Waals surface area contributed by atoms with Gasteiger partial charge in [0.1, 0.15) is 0 Å². The van der Waals surface area contributed by atoms with Crippen molar-refractivity contribution in [2.24, 2.45) is 5.73 Å². The molecule has 0 amide bonds. The first-order valence-corrected chi connectivity index (χ1v) is 6.38. The number of imidazole rings is 1. The smallest absolute Gasteiger partial charge is 0.0922 e. The Hall–Kier alpha value is -0.910. The summed E-state index contributed by atoms with van der Waals surface area (Å²) in [6.07, 6.45) is 3.61. The molecule has 1 atom stereocenters. The lowest BCUT2D eigenvalue weighted by Gasteiger charge is -2.40. The highest BCUT2D eigenvalue weighted by atomic mass is 15.3. The fraction of sp³-hybridized carbons (Fsp3) is 0.750. The van der Waals surface area contributed by atoms with E-state index in [0.717, 1.165) is 31.9 Å². The Morgan fingerprint density at radius 3 is 2.41 bits per heavy atom. The van der Waals surface area contributed by atoms with Gasteiger partial charge in [0.15, 0.2) is 0 Å². The molecule has 1 unspecified atom stereocenters. The van der Waals surface area contributed by atoms with Crippen molar-refractivity contribution in [3.8, 4) is 0 Å². The number of nitrogens with zero attached hydrogens (tertiary/aromatic N) is 3. The van der Waals surface area contributed by atoms with Gasteiger partial charge < -0.3 is 10.7 Å². The van der Waals surface area contributed by atoms with Gasteiger partial charge >= 0.3 is 0 Å². The molecule has 0 aromatic carbocycles. The molecule has 96 valence electrons. The van der Waals surface area contributed by atoms with E-state index in [4.69, 9.17) is 5.73 Å². The number of rotatable bonds is 4. The third-order valence-corrected chi connectivity index (χ3v) is 3.62. The summed E-state index contributed by atoms with van der Waals surface area (Å²) in [4.78, 5) is 12.2. The van der Waals surface area contributed by atoms with Gasteiger partial charge in [0.2, 0.25) is 0 Å². The average molecular weight is 237 g/mol. The van der Waals surface area contributed by atoms with Gasteiger partial charge in [-0.25, -0.2) is 4.98 Å². The van der Waals surface area contributed by atoms with Crippen LogP contribution in [0.4, 0.5) is 0 Å². The van der Waals surface area contributed by atoms with Crippen molar-refractivity contribution in [1.29, 1.82) is 0 Å². The first-order chi connectivity index (χ1) is 8.22. The molecule has 0 radical (unpaired) electrons. The van der Waals surface area contributed by atoms with E-state index in [2.05, 4.69) is 33.6 Å². The summed E-state index contributed by atoms with van der Waals surface area (Å²) in [5.41, 5.74) is 7.02. The highest BCUT2D eigenvalue weighted by Crippen LogP contribution is 2.19. The summed E-state index contributed by atoms with van der Waals surface area (Å²) in [6.45, 7) is 9.57. The maximum absolute atomic E-state index is 5.89. The Labute approximate surface area is 103 Å². The van der Waals surface area contributed by atoms with E-state index in [1.54, 1.807) is 6.33 Å². The van der Waals surface area contributed by atoms with Gasteiger partial charge in [-0.05, 0) is 13.8 Å². The molecule has 1 fully saturated rings. The number of nitrogens with two attached hydrogens (primary N) is 1. The number of aromatic nitrogens is 2. The standard InChI is InChI=1S/C12H23N5/c1-10(2)16-3-5-17(6-4-16)12(7-13)11-8-14-9-15-11/h8-10,12H,3-7,13H2,1-2H3,(H,14,15). The Kier molecular flexibility index (Phi) is 4.15. The first kappa shape index (κ1) is 12.5. The zero-order valence-electron chi connectivity index (χ0n) is 10.8. The quantitative estimate of drug-likeness (QED) is 0.797. The fourth-order valence-corrected chi connectivity index (χ4v) is 2.49. The van der Waals surface area contributed by atoms with Crippen LogP contribution in [-0.4, -0.2) is 58.5 Å². The molecular formula is C12H23N5. The second kappa shape index (κ2) is 5.62. The van der Waals surface area contributed by atoms with E-state index in [9.17, 15) is 0 Å². The molecule has 1 aromatic heterocycles. The number of hydrogen-bond acceptors (Lipinski definition) is 4. The van der Waals surface area contributed by atoms with Crippen molar-refractivity contribution >= 4 is 0 Å². The molecule has 3 N–H and O–H groups in total. The second-order valence-electron chi connectivity index (χ2n) is 4.92. The van der Waals surface area contributed by atoms with Crippen molar-refractivity contribution in [2.75, 3.05) is 32.7 Å². The molecular weight excluding hydrogens is 214 g/mol. The van der Waals surface area contributed by atoms with Gasteiger partial charge in [0, 0.05) is 45.0 Å². The van der Waals surface area contributed by atoms with Crippen LogP contribution in [0.2, 0.25) is 0 Å². The minimum absolute atomic E-state index is 0.284. The lowest BCUT2D eigenvalue weighted by Crippen LogP contribution is -2.50. The van der Waals surface area contributed by atoms with Crippen LogP contribution < -0.4 is 5.73 Å². The Morgan fingerprint density at radius 2 is 1.94 bits per heavy atom. The zero-order chi connectivity index (χ0) is 12.3. The number of H-pyrrole nitrogens is 1. The van der Waals surface area contributed by atoms with Crippen LogP contribution in [0.25, 0.3) is 0 Å². The summed E-state index contributed by atoms with van der Waals surface area (Å²) >= 11 is 0. The monoisotopic (exact) mass is 237 g/mol. The number of hydrogen-bond donors (Lipinski definition) is 2. The van der Waals surface area contributed by atoms with Crippen LogP contribution in [0.3, 0.4) is 0 Å². The van der Waals surface area contributed by atoms with Crippen LogP contribution in [0.15, 0.2) is 12.5 Å². The number of piperazine rings is 1. The summed E-state index contributed by atoms with van der Waals surface area (Å²) in [5.74, 6) is 0. The molecule has 5 nitrogen and oxygen atoms in total. The summed E-state index contributed by atoms with van der Waals surface area (Å²) in [5, 5.41) is 0. The van der Waals surface area contributed by atoms with Crippen LogP contribution in [-0.2, 0) is 0 Å². The molecule has 1 aliphatic heterocycles. The molecule has 0 bridgehead atoms. The molecule has 0 saturated carbocycles. The topological polar surface area (TPSA) is 61.2 Å². The van der Waals surface area contributed by atoms with Crippen LogP contribution in [0.1, 0.15) is 25.6 Å². The van der Waals surface area contributed by atoms with Crippen LogP contribution >= 0.6 is 0 Å². The van der Waals surface area contributed by atoms with Gasteiger partial charge in [0.25, 0.3) is 0 Å². The molecule has 5 heteroatoms. The molecule has 0 aliphatic carbocycles. The molecule has 0 spiro atoms. The second-order valence-corrected chi connectivity index (χ2v) is 4.92. The Morgan fingerprint density at radius 1 is 1.29 bits per heavy atom. The van der Waals surface area contributed by atoms with E-state index >= 15 is 0 Å². The van der Waals surface area contributed by atoms with Gasteiger partial charge in [-0.1, -0.05) is 0 Å². The average Bonchev–Trinajstić information content (AvgIpc) is 2.84. The minimum Gasteiger partial charge on any atom is -0.347 e. The maximum Gasteiger partial charge on any atom is 0.0922 e. The zero-order valence-corrected chi connectivity index (χ0v) is 10.8. The van der Waals surface area contributed by atoms with Crippen molar-refractivity contribution in [1.82, 2.24) is 19.8 Å². The van der Waals surface area contributed by atoms with E-state index < -0.39 is 0 Å². The third kappa shape index (κ3) is 2.86. The minimum atomic E-state index is 0.284.